The van der Waals surface area contributed by atoms with Crippen LogP contribution in [0.4, 0.5) is 0 Å². The van der Waals surface area contributed by atoms with Gasteiger partial charge in [-0.05, 0) is 50.1 Å². The van der Waals surface area contributed by atoms with Crippen LogP contribution < -0.4 is 5.32 Å². The summed E-state index contributed by atoms with van der Waals surface area (Å²) in [4.78, 5) is 0. The molecule has 1 nitrogen and oxygen atoms in total. The second-order valence-electron chi connectivity index (χ2n) is 6.65. The normalized spacial score (nSPS) is 11.8. The molecule has 0 aliphatic carbocycles. The molecular weight excluding hydrogens is 230 g/mol. The van der Waals surface area contributed by atoms with E-state index in [0.29, 0.717) is 6.04 Å². The smallest absolute Gasteiger partial charge is 0.00720 e. The number of rotatable bonds is 8. The summed E-state index contributed by atoms with van der Waals surface area (Å²) in [5.74, 6) is 1.55. The maximum Gasteiger partial charge on any atom is 0.00720 e. The zero-order chi connectivity index (χ0) is 14.3. The van der Waals surface area contributed by atoms with E-state index in [4.69, 9.17) is 0 Å². The number of nitrogens with one attached hydrogen (secondary N) is 1. The Labute approximate surface area is 119 Å². The van der Waals surface area contributed by atoms with E-state index in [2.05, 4.69) is 64.2 Å². The molecule has 0 aromatic heterocycles. The fourth-order valence-electron chi connectivity index (χ4n) is 2.69. The van der Waals surface area contributed by atoms with Gasteiger partial charge in [0.25, 0.3) is 0 Å². The Morgan fingerprint density at radius 3 is 2.16 bits per heavy atom. The molecule has 1 N–H and O–H groups in total. The van der Waals surface area contributed by atoms with Crippen LogP contribution in [-0.2, 0) is 6.42 Å². The minimum atomic E-state index is 0.671. The molecule has 1 heteroatoms. The maximum absolute atomic E-state index is 3.75. The van der Waals surface area contributed by atoms with Crippen LogP contribution in [0.2, 0.25) is 0 Å². The molecule has 0 radical (unpaired) electrons. The van der Waals surface area contributed by atoms with Gasteiger partial charge < -0.3 is 5.32 Å². The Bertz CT molecular complexity index is 344. The Morgan fingerprint density at radius 1 is 1.00 bits per heavy atom. The van der Waals surface area contributed by atoms with E-state index < -0.39 is 0 Å². The molecule has 0 aliphatic rings. The zero-order valence-corrected chi connectivity index (χ0v) is 13.4. The number of hydrogen-bond acceptors (Lipinski definition) is 1. The third-order valence-corrected chi connectivity index (χ3v) is 3.44. The van der Waals surface area contributed by atoms with E-state index in [9.17, 15) is 0 Å². The van der Waals surface area contributed by atoms with Crippen LogP contribution in [0, 0.1) is 18.8 Å². The van der Waals surface area contributed by atoms with E-state index in [1.165, 1.54) is 24.0 Å². The lowest BCUT2D eigenvalue weighted by Crippen LogP contribution is -2.33. The van der Waals surface area contributed by atoms with Crippen molar-refractivity contribution in [2.45, 2.75) is 59.9 Å². The molecule has 0 atom stereocenters. The molecule has 19 heavy (non-hydrogen) atoms. The average Bonchev–Trinajstić information content (AvgIpc) is 2.27. The molecule has 0 saturated carbocycles. The quantitative estimate of drug-likeness (QED) is 0.722. The summed E-state index contributed by atoms with van der Waals surface area (Å²) >= 11 is 0. The van der Waals surface area contributed by atoms with Gasteiger partial charge in [-0.2, -0.15) is 0 Å². The molecule has 1 rings (SSSR count). The van der Waals surface area contributed by atoms with Crippen molar-refractivity contribution in [1.29, 1.82) is 0 Å². The third-order valence-electron chi connectivity index (χ3n) is 3.44. The summed E-state index contributed by atoms with van der Waals surface area (Å²) < 4.78 is 0. The lowest BCUT2D eigenvalue weighted by atomic mass is 9.95. The van der Waals surface area contributed by atoms with Crippen LogP contribution in [-0.4, -0.2) is 12.6 Å². The van der Waals surface area contributed by atoms with Crippen LogP contribution >= 0.6 is 0 Å². The van der Waals surface area contributed by atoms with E-state index in [1.807, 2.05) is 0 Å². The van der Waals surface area contributed by atoms with Crippen LogP contribution in [0.1, 0.15) is 51.7 Å². The number of benzene rings is 1. The van der Waals surface area contributed by atoms with Crippen LogP contribution in [0.3, 0.4) is 0 Å². The lowest BCUT2D eigenvalue weighted by molar-refractivity contribution is 0.361. The molecule has 0 amide bonds. The van der Waals surface area contributed by atoms with Gasteiger partial charge in [0.2, 0.25) is 0 Å². The highest BCUT2D eigenvalue weighted by molar-refractivity contribution is 5.22. The van der Waals surface area contributed by atoms with Gasteiger partial charge >= 0.3 is 0 Å². The third kappa shape index (κ3) is 7.37. The van der Waals surface area contributed by atoms with Crippen molar-refractivity contribution in [3.63, 3.8) is 0 Å². The van der Waals surface area contributed by atoms with E-state index >= 15 is 0 Å². The summed E-state index contributed by atoms with van der Waals surface area (Å²) in [5.41, 5.74) is 2.80. The Balaban J connectivity index is 2.38. The van der Waals surface area contributed by atoms with Crippen molar-refractivity contribution in [3.05, 3.63) is 35.4 Å². The minimum Gasteiger partial charge on any atom is -0.314 e. The summed E-state index contributed by atoms with van der Waals surface area (Å²) in [6.07, 6.45) is 3.70. The fraction of sp³-hybridized carbons (Fsp3) is 0.667. The first kappa shape index (κ1) is 16.2. The summed E-state index contributed by atoms with van der Waals surface area (Å²) in [6.45, 7) is 12.5. The largest absolute Gasteiger partial charge is 0.314 e. The van der Waals surface area contributed by atoms with Crippen LogP contribution in [0.25, 0.3) is 0 Å². The van der Waals surface area contributed by atoms with Gasteiger partial charge in [-0.15, -0.1) is 0 Å². The SMILES string of the molecule is Cc1cccc(CCNC(CC(C)C)CC(C)C)c1. The molecular formula is C18H31N. The van der Waals surface area contributed by atoms with Crippen molar-refractivity contribution in [3.8, 4) is 0 Å². The zero-order valence-electron chi connectivity index (χ0n) is 13.4. The van der Waals surface area contributed by atoms with E-state index in [-0.39, 0.29) is 0 Å². The highest BCUT2D eigenvalue weighted by Crippen LogP contribution is 2.13. The van der Waals surface area contributed by atoms with Gasteiger partial charge in [0, 0.05) is 6.04 Å². The fourth-order valence-corrected chi connectivity index (χ4v) is 2.69. The molecule has 0 spiro atoms. The van der Waals surface area contributed by atoms with Gasteiger partial charge in [0.05, 0.1) is 0 Å². The second kappa shape index (κ2) is 8.37. The summed E-state index contributed by atoms with van der Waals surface area (Å²) in [7, 11) is 0. The molecule has 0 aliphatic heterocycles. The monoisotopic (exact) mass is 261 g/mol. The minimum absolute atomic E-state index is 0.671. The molecule has 108 valence electrons. The highest BCUT2D eigenvalue weighted by Gasteiger charge is 2.11. The number of aryl methyl sites for hydroxylation is 1. The van der Waals surface area contributed by atoms with Gasteiger partial charge in [-0.25, -0.2) is 0 Å². The summed E-state index contributed by atoms with van der Waals surface area (Å²) in [5, 5.41) is 3.75. The molecule has 0 heterocycles. The molecule has 1 aromatic rings. The van der Waals surface area contributed by atoms with Crippen molar-refractivity contribution in [2.24, 2.45) is 11.8 Å². The molecule has 0 saturated heterocycles. The Kier molecular flexibility index (Phi) is 7.15. The van der Waals surface area contributed by atoms with Gasteiger partial charge in [-0.3, -0.25) is 0 Å². The van der Waals surface area contributed by atoms with Crippen molar-refractivity contribution >= 4 is 0 Å². The van der Waals surface area contributed by atoms with Gasteiger partial charge in [-0.1, -0.05) is 57.5 Å². The predicted molar refractivity (Wildman–Crippen MR) is 85.6 cm³/mol. The second-order valence-corrected chi connectivity index (χ2v) is 6.65. The molecule has 0 bridgehead atoms. The van der Waals surface area contributed by atoms with Crippen LogP contribution in [0.15, 0.2) is 24.3 Å². The van der Waals surface area contributed by atoms with Gasteiger partial charge in [0.1, 0.15) is 0 Å². The van der Waals surface area contributed by atoms with Gasteiger partial charge in [0.15, 0.2) is 0 Å². The first-order valence-corrected chi connectivity index (χ1v) is 7.76. The van der Waals surface area contributed by atoms with Crippen molar-refractivity contribution in [1.82, 2.24) is 5.32 Å². The van der Waals surface area contributed by atoms with Crippen LogP contribution in [0.5, 0.6) is 0 Å². The Hall–Kier alpha value is -0.820. The molecule has 0 fully saturated rings. The number of hydrogen-bond donors (Lipinski definition) is 1. The predicted octanol–water partition coefficient (Wildman–Crippen LogP) is 4.59. The molecule has 0 unspecified atom stereocenters. The standard InChI is InChI=1S/C18H31N/c1-14(2)11-18(12-15(3)4)19-10-9-17-8-6-7-16(5)13-17/h6-8,13-15,18-19H,9-12H2,1-5H3. The first-order chi connectivity index (χ1) is 8.97. The van der Waals surface area contributed by atoms with Crippen molar-refractivity contribution < 1.29 is 0 Å². The topological polar surface area (TPSA) is 12.0 Å². The highest BCUT2D eigenvalue weighted by atomic mass is 14.9. The molecule has 1 aromatic carbocycles. The lowest BCUT2D eigenvalue weighted by Gasteiger charge is -2.22. The summed E-state index contributed by atoms with van der Waals surface area (Å²) in [6, 6.07) is 9.52. The average molecular weight is 261 g/mol. The Morgan fingerprint density at radius 2 is 1.63 bits per heavy atom. The van der Waals surface area contributed by atoms with Crippen molar-refractivity contribution in [2.75, 3.05) is 6.54 Å². The maximum atomic E-state index is 3.75. The van der Waals surface area contributed by atoms with E-state index in [1.54, 1.807) is 0 Å². The first-order valence-electron chi connectivity index (χ1n) is 7.76. The van der Waals surface area contributed by atoms with E-state index in [0.717, 1.165) is 24.8 Å².